The number of rotatable bonds is 6. The summed E-state index contributed by atoms with van der Waals surface area (Å²) in [7, 11) is 0. The topological polar surface area (TPSA) is 126 Å². The number of carbonyl (C=O) groups is 2. The monoisotopic (exact) mass is 471 g/mol. The minimum Gasteiger partial charge on any atom is -0.378 e. The molecule has 1 saturated heterocycles. The van der Waals surface area contributed by atoms with E-state index in [1.165, 1.54) is 12.1 Å². The van der Waals surface area contributed by atoms with Crippen molar-refractivity contribution in [2.75, 3.05) is 41.8 Å². The van der Waals surface area contributed by atoms with E-state index in [1.54, 1.807) is 44.2 Å². The van der Waals surface area contributed by atoms with Gasteiger partial charge in [0.1, 0.15) is 5.69 Å². The van der Waals surface area contributed by atoms with Crippen LogP contribution in [-0.4, -0.2) is 48.2 Å². The molecule has 0 atom stereocenters. The minimum atomic E-state index is -0.576. The van der Waals surface area contributed by atoms with Gasteiger partial charge in [-0.15, -0.1) is 0 Å². The van der Waals surface area contributed by atoms with Crippen LogP contribution >= 0.6 is 12.2 Å². The number of anilines is 3. The fourth-order valence-electron chi connectivity index (χ4n) is 3.18. The van der Waals surface area contributed by atoms with E-state index in [-0.39, 0.29) is 28.2 Å². The molecule has 1 fully saturated rings. The molecular formula is C22H25N5O5S. The maximum absolute atomic E-state index is 12.6. The van der Waals surface area contributed by atoms with E-state index in [9.17, 15) is 19.7 Å². The molecule has 1 aliphatic rings. The van der Waals surface area contributed by atoms with Crippen molar-refractivity contribution in [1.29, 1.82) is 0 Å². The lowest BCUT2D eigenvalue weighted by Crippen LogP contribution is -2.37. The van der Waals surface area contributed by atoms with Crippen LogP contribution in [0, 0.1) is 16.0 Å². The maximum atomic E-state index is 12.6. The van der Waals surface area contributed by atoms with Gasteiger partial charge in [-0.2, -0.15) is 0 Å². The predicted octanol–water partition coefficient (Wildman–Crippen LogP) is 3.15. The highest BCUT2D eigenvalue weighted by molar-refractivity contribution is 7.80. The van der Waals surface area contributed by atoms with Crippen LogP contribution in [0.5, 0.6) is 0 Å². The SMILES string of the molecule is CC(C)C(=O)Nc1cccc(NC(=S)NC(=O)c2ccc(N3CCOCC3)c([N+](=O)[O-])c2)c1. The lowest BCUT2D eigenvalue weighted by atomic mass is 10.1. The van der Waals surface area contributed by atoms with Gasteiger partial charge in [0.2, 0.25) is 5.91 Å². The molecule has 0 aliphatic carbocycles. The van der Waals surface area contributed by atoms with Gasteiger partial charge < -0.3 is 20.3 Å². The molecule has 0 unspecified atom stereocenters. The Morgan fingerprint density at radius 1 is 1.09 bits per heavy atom. The number of hydrogen-bond acceptors (Lipinski definition) is 7. The van der Waals surface area contributed by atoms with E-state index >= 15 is 0 Å². The highest BCUT2D eigenvalue weighted by Crippen LogP contribution is 2.30. The standard InChI is InChI=1S/C22H25N5O5S/c1-14(2)20(28)23-16-4-3-5-17(13-16)24-22(33)25-21(29)15-6-7-18(19(12-15)27(30)31)26-8-10-32-11-9-26/h3-7,12-14H,8-11H2,1-2H3,(H,23,28)(H2,24,25,29,33). The normalized spacial score (nSPS) is 13.4. The first-order valence-electron chi connectivity index (χ1n) is 10.4. The average molecular weight is 472 g/mol. The number of nitrogens with zero attached hydrogens (tertiary/aromatic N) is 2. The molecule has 33 heavy (non-hydrogen) atoms. The van der Waals surface area contributed by atoms with E-state index in [4.69, 9.17) is 17.0 Å². The maximum Gasteiger partial charge on any atom is 0.293 e. The molecule has 3 N–H and O–H groups in total. The Morgan fingerprint density at radius 3 is 2.39 bits per heavy atom. The van der Waals surface area contributed by atoms with Crippen LogP contribution in [0.4, 0.5) is 22.7 Å². The summed E-state index contributed by atoms with van der Waals surface area (Å²) in [5.74, 6) is -0.862. The van der Waals surface area contributed by atoms with Gasteiger partial charge in [-0.3, -0.25) is 25.0 Å². The molecule has 10 nitrogen and oxygen atoms in total. The molecule has 0 bridgehead atoms. The fourth-order valence-corrected chi connectivity index (χ4v) is 3.39. The molecule has 0 saturated carbocycles. The third-order valence-corrected chi connectivity index (χ3v) is 5.13. The van der Waals surface area contributed by atoms with Crippen molar-refractivity contribution in [2.24, 2.45) is 5.92 Å². The molecule has 1 heterocycles. The molecule has 3 rings (SSSR count). The van der Waals surface area contributed by atoms with Crippen molar-refractivity contribution in [3.05, 3.63) is 58.1 Å². The summed E-state index contributed by atoms with van der Waals surface area (Å²) < 4.78 is 5.30. The number of ether oxygens (including phenoxy) is 1. The number of morpholine rings is 1. The van der Waals surface area contributed by atoms with Gasteiger partial charge in [-0.05, 0) is 42.5 Å². The zero-order valence-corrected chi connectivity index (χ0v) is 19.1. The summed E-state index contributed by atoms with van der Waals surface area (Å²) in [5, 5.41) is 19.8. The van der Waals surface area contributed by atoms with Crippen molar-refractivity contribution in [3.8, 4) is 0 Å². The van der Waals surface area contributed by atoms with Gasteiger partial charge >= 0.3 is 0 Å². The predicted molar refractivity (Wildman–Crippen MR) is 130 cm³/mol. The van der Waals surface area contributed by atoms with Gasteiger partial charge in [0, 0.05) is 42.0 Å². The molecule has 2 amide bonds. The first-order chi connectivity index (χ1) is 15.7. The second-order valence-corrected chi connectivity index (χ2v) is 8.10. The molecule has 0 radical (unpaired) electrons. The van der Waals surface area contributed by atoms with E-state index in [0.717, 1.165) is 0 Å². The molecule has 11 heteroatoms. The number of nitro benzene ring substituents is 1. The van der Waals surface area contributed by atoms with Crippen LogP contribution in [0.2, 0.25) is 0 Å². The molecule has 0 aromatic heterocycles. The molecular weight excluding hydrogens is 446 g/mol. The van der Waals surface area contributed by atoms with E-state index in [0.29, 0.717) is 43.4 Å². The third-order valence-electron chi connectivity index (χ3n) is 4.93. The first-order valence-corrected chi connectivity index (χ1v) is 10.8. The minimum absolute atomic E-state index is 0.0206. The smallest absolute Gasteiger partial charge is 0.293 e. The van der Waals surface area contributed by atoms with Crippen molar-refractivity contribution < 1.29 is 19.2 Å². The van der Waals surface area contributed by atoms with Crippen LogP contribution in [0.15, 0.2) is 42.5 Å². The highest BCUT2D eigenvalue weighted by Gasteiger charge is 2.23. The lowest BCUT2D eigenvalue weighted by molar-refractivity contribution is -0.384. The summed E-state index contributed by atoms with van der Waals surface area (Å²) in [6, 6.07) is 11.2. The van der Waals surface area contributed by atoms with Gasteiger partial charge in [-0.25, -0.2) is 0 Å². The lowest BCUT2D eigenvalue weighted by Gasteiger charge is -2.28. The van der Waals surface area contributed by atoms with Crippen LogP contribution in [-0.2, 0) is 9.53 Å². The Kier molecular flexibility index (Phi) is 7.91. The van der Waals surface area contributed by atoms with Gasteiger partial charge in [-0.1, -0.05) is 19.9 Å². The molecule has 2 aromatic carbocycles. The van der Waals surface area contributed by atoms with Crippen molar-refractivity contribution in [3.63, 3.8) is 0 Å². The molecule has 1 aliphatic heterocycles. The number of nitrogens with one attached hydrogen (secondary N) is 3. The zero-order valence-electron chi connectivity index (χ0n) is 18.3. The van der Waals surface area contributed by atoms with Gasteiger partial charge in [0.15, 0.2) is 5.11 Å². The molecule has 0 spiro atoms. The summed E-state index contributed by atoms with van der Waals surface area (Å²) >= 11 is 5.21. The zero-order chi connectivity index (χ0) is 24.0. The van der Waals surface area contributed by atoms with Crippen LogP contribution in [0.3, 0.4) is 0 Å². The Balaban J connectivity index is 1.67. The Morgan fingerprint density at radius 2 is 1.76 bits per heavy atom. The first kappa shape index (κ1) is 24.1. The number of benzene rings is 2. The number of carbonyl (C=O) groups excluding carboxylic acids is 2. The van der Waals surface area contributed by atoms with Gasteiger partial charge in [0.25, 0.3) is 11.6 Å². The van der Waals surface area contributed by atoms with Gasteiger partial charge in [0.05, 0.1) is 18.1 Å². The van der Waals surface area contributed by atoms with Crippen molar-refractivity contribution in [2.45, 2.75) is 13.8 Å². The highest BCUT2D eigenvalue weighted by atomic mass is 32.1. The Bertz CT molecular complexity index is 1070. The van der Waals surface area contributed by atoms with Crippen molar-refractivity contribution in [1.82, 2.24) is 5.32 Å². The third kappa shape index (κ3) is 6.46. The second-order valence-electron chi connectivity index (χ2n) is 7.69. The quantitative estimate of drug-likeness (QED) is 0.333. The fraction of sp³-hybridized carbons (Fsp3) is 0.318. The molecule has 2 aromatic rings. The number of thiocarbonyl (C=S) groups is 1. The number of amides is 2. The summed E-state index contributed by atoms with van der Waals surface area (Å²) in [6.45, 7) is 5.64. The van der Waals surface area contributed by atoms with Crippen LogP contribution in [0.1, 0.15) is 24.2 Å². The number of hydrogen-bond donors (Lipinski definition) is 3. The van der Waals surface area contributed by atoms with E-state index < -0.39 is 10.8 Å². The molecule has 174 valence electrons. The van der Waals surface area contributed by atoms with E-state index in [1.807, 2.05) is 4.90 Å². The summed E-state index contributed by atoms with van der Waals surface area (Å²) in [4.78, 5) is 37.5. The van der Waals surface area contributed by atoms with E-state index in [2.05, 4.69) is 16.0 Å². The van der Waals surface area contributed by atoms with Crippen LogP contribution in [0.25, 0.3) is 0 Å². The summed E-state index contributed by atoms with van der Waals surface area (Å²) in [6.07, 6.45) is 0. The Hall–Kier alpha value is -3.57. The van der Waals surface area contributed by atoms with Crippen molar-refractivity contribution >= 4 is 51.9 Å². The Labute approximate surface area is 196 Å². The van der Waals surface area contributed by atoms with Crippen LogP contribution < -0.4 is 20.9 Å². The summed E-state index contributed by atoms with van der Waals surface area (Å²) in [5.41, 5.74) is 1.55. The average Bonchev–Trinajstić information content (AvgIpc) is 2.79. The second kappa shape index (κ2) is 10.8. The largest absolute Gasteiger partial charge is 0.378 e. The number of nitro groups is 1.